The Hall–Kier alpha value is -2.12. The lowest BCUT2D eigenvalue weighted by molar-refractivity contribution is -0.148. The first-order valence-electron chi connectivity index (χ1n) is 9.19. The number of alkyl carbamates (subject to hydrolysis) is 1. The maximum absolute atomic E-state index is 12.1. The van der Waals surface area contributed by atoms with Crippen molar-refractivity contribution >= 4 is 12.1 Å². The van der Waals surface area contributed by atoms with E-state index in [2.05, 4.69) is 5.32 Å². The number of carbonyl (C=O) groups is 2. The van der Waals surface area contributed by atoms with E-state index in [1.54, 1.807) is 27.7 Å². The molecule has 0 radical (unpaired) electrons. The van der Waals surface area contributed by atoms with Crippen LogP contribution in [0.5, 0.6) is 0 Å². The molecule has 2 atom stereocenters. The monoisotopic (exact) mass is 381 g/mol. The number of amides is 1. The van der Waals surface area contributed by atoms with Gasteiger partial charge in [-0.1, -0.05) is 30.3 Å². The fourth-order valence-electron chi connectivity index (χ4n) is 2.30. The van der Waals surface area contributed by atoms with Crippen molar-refractivity contribution in [3.05, 3.63) is 35.9 Å². The van der Waals surface area contributed by atoms with Crippen LogP contribution in [0.2, 0.25) is 0 Å². The van der Waals surface area contributed by atoms with Crippen molar-refractivity contribution in [2.45, 2.75) is 64.9 Å². The first kappa shape index (κ1) is 22.9. The molecular weight excluding hydrogens is 350 g/mol. The van der Waals surface area contributed by atoms with Crippen molar-refractivity contribution in [1.82, 2.24) is 5.32 Å². The fraction of sp³-hybridized carbons (Fsp3) is 0.600. The van der Waals surface area contributed by atoms with Gasteiger partial charge in [-0.2, -0.15) is 0 Å². The van der Waals surface area contributed by atoms with Crippen LogP contribution in [-0.4, -0.2) is 48.1 Å². The summed E-state index contributed by atoms with van der Waals surface area (Å²) in [4.78, 5) is 24.0. The Morgan fingerprint density at radius 1 is 1.19 bits per heavy atom. The first-order chi connectivity index (χ1) is 12.7. The highest BCUT2D eigenvalue weighted by Gasteiger charge is 2.31. The van der Waals surface area contributed by atoms with Crippen molar-refractivity contribution in [2.75, 3.05) is 13.2 Å². The van der Waals surface area contributed by atoms with E-state index >= 15 is 0 Å². The summed E-state index contributed by atoms with van der Waals surface area (Å²) < 4.78 is 15.7. The van der Waals surface area contributed by atoms with Gasteiger partial charge < -0.3 is 24.6 Å². The molecule has 0 fully saturated rings. The molecule has 2 N–H and O–H groups in total. The third kappa shape index (κ3) is 9.96. The predicted molar refractivity (Wildman–Crippen MR) is 101 cm³/mol. The van der Waals surface area contributed by atoms with Crippen molar-refractivity contribution in [3.63, 3.8) is 0 Å². The molecule has 0 spiro atoms. The van der Waals surface area contributed by atoms with Gasteiger partial charge in [0, 0.05) is 6.61 Å². The molecule has 0 unspecified atom stereocenters. The third-order valence-electron chi connectivity index (χ3n) is 3.50. The van der Waals surface area contributed by atoms with Gasteiger partial charge in [0.2, 0.25) is 0 Å². The summed E-state index contributed by atoms with van der Waals surface area (Å²) in [6, 6.07) is 8.57. The van der Waals surface area contributed by atoms with Gasteiger partial charge in [-0.15, -0.1) is 0 Å². The van der Waals surface area contributed by atoms with E-state index in [4.69, 9.17) is 14.2 Å². The molecule has 0 aliphatic carbocycles. The number of carbonyl (C=O) groups excluding carboxylic acids is 2. The highest BCUT2D eigenvalue weighted by molar-refractivity contribution is 5.82. The fourth-order valence-corrected chi connectivity index (χ4v) is 2.30. The van der Waals surface area contributed by atoms with Crippen LogP contribution in [0.15, 0.2) is 30.3 Å². The van der Waals surface area contributed by atoms with E-state index in [-0.39, 0.29) is 13.0 Å². The van der Waals surface area contributed by atoms with Crippen LogP contribution in [-0.2, 0) is 25.6 Å². The normalized spacial score (nSPS) is 13.5. The van der Waals surface area contributed by atoms with E-state index in [0.717, 1.165) is 5.56 Å². The van der Waals surface area contributed by atoms with Gasteiger partial charge in [-0.05, 0) is 46.1 Å². The Morgan fingerprint density at radius 2 is 1.85 bits per heavy atom. The maximum atomic E-state index is 12.1. The Balaban J connectivity index is 2.46. The lowest BCUT2D eigenvalue weighted by Crippen LogP contribution is -2.50. The van der Waals surface area contributed by atoms with Crippen molar-refractivity contribution in [1.29, 1.82) is 0 Å². The summed E-state index contributed by atoms with van der Waals surface area (Å²) in [5.74, 6) is -0.693. The zero-order chi connectivity index (χ0) is 20.3. The number of benzene rings is 1. The molecule has 1 aromatic rings. The smallest absolute Gasteiger partial charge is 0.408 e. The molecule has 0 bridgehead atoms. The average Bonchev–Trinajstić information content (AvgIpc) is 2.58. The molecule has 1 aromatic carbocycles. The third-order valence-corrected chi connectivity index (χ3v) is 3.50. The van der Waals surface area contributed by atoms with Crippen molar-refractivity contribution in [3.8, 4) is 0 Å². The Bertz CT molecular complexity index is 570. The van der Waals surface area contributed by atoms with Crippen LogP contribution >= 0.6 is 0 Å². The quantitative estimate of drug-likeness (QED) is 0.478. The lowest BCUT2D eigenvalue weighted by Gasteiger charge is -2.25. The first-order valence-corrected chi connectivity index (χ1v) is 9.19. The van der Waals surface area contributed by atoms with Gasteiger partial charge in [-0.25, -0.2) is 9.59 Å². The van der Waals surface area contributed by atoms with Gasteiger partial charge in [0.15, 0.2) is 6.04 Å². The van der Waals surface area contributed by atoms with E-state index in [1.165, 1.54) is 0 Å². The number of aliphatic hydroxyl groups is 1. The second-order valence-electron chi connectivity index (χ2n) is 7.12. The van der Waals surface area contributed by atoms with Crippen LogP contribution in [0.3, 0.4) is 0 Å². The molecule has 1 amide bonds. The van der Waals surface area contributed by atoms with Crippen LogP contribution in [0, 0.1) is 0 Å². The molecule has 152 valence electrons. The molecule has 0 aromatic heterocycles. The summed E-state index contributed by atoms with van der Waals surface area (Å²) in [5, 5.41) is 12.7. The molecule has 0 aliphatic rings. The SMILES string of the molecule is CCOC(=O)[C@H](NC(=O)OC(C)(C)C)[C@H](O)CCCOCc1ccccc1. The lowest BCUT2D eigenvalue weighted by atomic mass is 10.1. The maximum Gasteiger partial charge on any atom is 0.408 e. The molecule has 0 aliphatic heterocycles. The zero-order valence-electron chi connectivity index (χ0n) is 16.6. The number of esters is 1. The van der Waals surface area contributed by atoms with Gasteiger partial charge in [0.1, 0.15) is 5.60 Å². The van der Waals surface area contributed by atoms with Crippen LogP contribution in [0.1, 0.15) is 46.1 Å². The number of ether oxygens (including phenoxy) is 3. The molecule has 0 saturated carbocycles. The van der Waals surface area contributed by atoms with E-state index in [1.807, 2.05) is 30.3 Å². The molecule has 1 rings (SSSR count). The molecule has 7 nitrogen and oxygen atoms in total. The molecule has 0 saturated heterocycles. The van der Waals surface area contributed by atoms with Gasteiger partial charge in [-0.3, -0.25) is 0 Å². The van der Waals surface area contributed by atoms with E-state index < -0.39 is 29.8 Å². The minimum absolute atomic E-state index is 0.151. The Morgan fingerprint density at radius 3 is 2.44 bits per heavy atom. The van der Waals surface area contributed by atoms with Gasteiger partial charge >= 0.3 is 12.1 Å². The Labute approximate surface area is 161 Å². The summed E-state index contributed by atoms with van der Waals surface area (Å²) in [7, 11) is 0. The summed E-state index contributed by atoms with van der Waals surface area (Å²) in [6.45, 7) is 7.86. The minimum Gasteiger partial charge on any atom is -0.464 e. The zero-order valence-corrected chi connectivity index (χ0v) is 16.6. The second kappa shape index (κ2) is 11.6. The highest BCUT2D eigenvalue weighted by Crippen LogP contribution is 2.10. The van der Waals surface area contributed by atoms with Crippen molar-refractivity contribution in [2.24, 2.45) is 0 Å². The Kier molecular flexibility index (Phi) is 9.82. The molecule has 0 heterocycles. The second-order valence-corrected chi connectivity index (χ2v) is 7.12. The van der Waals surface area contributed by atoms with E-state index in [0.29, 0.717) is 19.6 Å². The molecule has 27 heavy (non-hydrogen) atoms. The summed E-state index contributed by atoms with van der Waals surface area (Å²) >= 11 is 0. The number of aliphatic hydroxyl groups excluding tert-OH is 1. The van der Waals surface area contributed by atoms with Crippen LogP contribution in [0.25, 0.3) is 0 Å². The standard InChI is InChI=1S/C20H31NO6/c1-5-26-18(23)17(21-19(24)27-20(2,3)4)16(22)12-9-13-25-14-15-10-7-6-8-11-15/h6-8,10-11,16-17,22H,5,9,12-14H2,1-4H3,(H,21,24)/t16-,17-/m1/s1. The van der Waals surface area contributed by atoms with E-state index in [9.17, 15) is 14.7 Å². The topological polar surface area (TPSA) is 94.1 Å². The van der Waals surface area contributed by atoms with Gasteiger partial charge in [0.05, 0.1) is 19.3 Å². The number of nitrogens with one attached hydrogen (secondary N) is 1. The van der Waals surface area contributed by atoms with Crippen molar-refractivity contribution < 1.29 is 28.9 Å². The van der Waals surface area contributed by atoms with Crippen LogP contribution in [0.4, 0.5) is 4.79 Å². The number of hydrogen-bond donors (Lipinski definition) is 2. The molecular formula is C20H31NO6. The summed E-state index contributed by atoms with van der Waals surface area (Å²) in [5.41, 5.74) is 0.355. The minimum atomic E-state index is -1.19. The highest BCUT2D eigenvalue weighted by atomic mass is 16.6. The van der Waals surface area contributed by atoms with Gasteiger partial charge in [0.25, 0.3) is 0 Å². The number of rotatable bonds is 10. The summed E-state index contributed by atoms with van der Waals surface area (Å²) in [6.07, 6.45) is -1.08. The largest absolute Gasteiger partial charge is 0.464 e. The number of hydrogen-bond acceptors (Lipinski definition) is 6. The average molecular weight is 381 g/mol. The van der Waals surface area contributed by atoms with Crippen LogP contribution < -0.4 is 5.32 Å². The predicted octanol–water partition coefficient (Wildman–Crippen LogP) is 2.80. The molecule has 7 heteroatoms.